The lowest BCUT2D eigenvalue weighted by Gasteiger charge is -2.46. The SMILES string of the molecule is O=C(O)C(C(=O)O)[C@@]12O[C@@H]3[C@@H]4[C@@H]5[C@@H]6C[C@@H]([C@H]5[C@@H]41)[C@@H]2[C@@H]63. The van der Waals surface area contributed by atoms with Gasteiger partial charge in [0, 0.05) is 0 Å². The Kier molecular flexibility index (Phi) is 1.19. The predicted molar refractivity (Wildman–Crippen MR) is 58.9 cm³/mol. The van der Waals surface area contributed by atoms with E-state index in [9.17, 15) is 19.8 Å². The summed E-state index contributed by atoms with van der Waals surface area (Å²) in [6.45, 7) is 0. The molecular formula is C14H14O5. The highest BCUT2D eigenvalue weighted by atomic mass is 16.5. The maximum Gasteiger partial charge on any atom is 0.320 e. The number of carboxylic acid groups (broad SMARTS) is 2. The number of ether oxygens (including phenoxy) is 1. The van der Waals surface area contributed by atoms with Crippen molar-refractivity contribution < 1.29 is 24.5 Å². The van der Waals surface area contributed by atoms with Gasteiger partial charge in [0.25, 0.3) is 0 Å². The Morgan fingerprint density at radius 3 is 2.42 bits per heavy atom. The van der Waals surface area contributed by atoms with Gasteiger partial charge in [0.15, 0.2) is 5.92 Å². The zero-order chi connectivity index (χ0) is 12.8. The molecule has 0 radical (unpaired) electrons. The maximum atomic E-state index is 11.5. The lowest BCUT2D eigenvalue weighted by Crippen LogP contribution is -2.56. The fourth-order valence-electron chi connectivity index (χ4n) is 8.03. The lowest BCUT2D eigenvalue weighted by atomic mass is 9.55. The fourth-order valence-corrected chi connectivity index (χ4v) is 8.03. The number of hydrogen-bond donors (Lipinski definition) is 2. The zero-order valence-corrected chi connectivity index (χ0v) is 10.1. The smallest absolute Gasteiger partial charge is 0.320 e. The number of aliphatic carboxylic acids is 2. The van der Waals surface area contributed by atoms with Crippen LogP contribution in [0, 0.1) is 53.3 Å². The maximum absolute atomic E-state index is 11.5. The van der Waals surface area contributed by atoms with Crippen LogP contribution in [0.1, 0.15) is 6.42 Å². The molecule has 5 saturated carbocycles. The van der Waals surface area contributed by atoms with Crippen LogP contribution in [0.15, 0.2) is 0 Å². The monoisotopic (exact) mass is 262 g/mol. The van der Waals surface area contributed by atoms with Crippen molar-refractivity contribution in [2.24, 2.45) is 53.3 Å². The fraction of sp³-hybridized carbons (Fsp3) is 0.857. The molecule has 0 amide bonds. The first-order chi connectivity index (χ1) is 9.09. The molecule has 5 aliphatic carbocycles. The zero-order valence-electron chi connectivity index (χ0n) is 10.1. The van der Waals surface area contributed by atoms with Crippen LogP contribution in [-0.4, -0.2) is 33.9 Å². The van der Waals surface area contributed by atoms with Gasteiger partial charge in [-0.2, -0.15) is 0 Å². The molecule has 5 heteroatoms. The highest BCUT2D eigenvalue weighted by Gasteiger charge is 2.94. The Hall–Kier alpha value is -1.10. The van der Waals surface area contributed by atoms with E-state index in [2.05, 4.69) is 0 Å². The van der Waals surface area contributed by atoms with Gasteiger partial charge in [-0.3, -0.25) is 9.59 Å². The molecule has 7 aliphatic rings. The van der Waals surface area contributed by atoms with Gasteiger partial charge >= 0.3 is 11.9 Å². The summed E-state index contributed by atoms with van der Waals surface area (Å²) in [4.78, 5) is 23.1. The first-order valence-corrected chi connectivity index (χ1v) is 7.22. The van der Waals surface area contributed by atoms with Gasteiger partial charge in [-0.1, -0.05) is 0 Å². The molecule has 7 rings (SSSR count). The second kappa shape index (κ2) is 2.32. The predicted octanol–water partition coefficient (Wildman–Crippen LogP) is 0.297. The third-order valence-corrected chi connectivity index (χ3v) is 7.71. The highest BCUT2D eigenvalue weighted by molar-refractivity contribution is 5.95. The van der Waals surface area contributed by atoms with Crippen molar-refractivity contribution in [1.29, 1.82) is 0 Å². The Labute approximate surface area is 108 Å². The van der Waals surface area contributed by atoms with Crippen molar-refractivity contribution in [1.82, 2.24) is 0 Å². The van der Waals surface area contributed by atoms with E-state index in [4.69, 9.17) is 4.74 Å². The first kappa shape index (κ1) is 9.75. The van der Waals surface area contributed by atoms with E-state index in [0.29, 0.717) is 23.7 Å². The van der Waals surface area contributed by atoms with E-state index >= 15 is 0 Å². The summed E-state index contributed by atoms with van der Waals surface area (Å²) in [6.07, 6.45) is 1.40. The van der Waals surface area contributed by atoms with Crippen LogP contribution in [-0.2, 0) is 14.3 Å². The molecule has 0 aromatic carbocycles. The van der Waals surface area contributed by atoms with Gasteiger partial charge in [0.05, 0.1) is 11.7 Å². The van der Waals surface area contributed by atoms with Crippen molar-refractivity contribution >= 4 is 11.9 Å². The summed E-state index contributed by atoms with van der Waals surface area (Å²) >= 11 is 0. The Morgan fingerprint density at radius 2 is 1.74 bits per heavy atom. The van der Waals surface area contributed by atoms with E-state index < -0.39 is 23.5 Å². The average Bonchev–Trinajstić information content (AvgIpc) is 2.87. The summed E-state index contributed by atoms with van der Waals surface area (Å²) in [6, 6.07) is 0. The van der Waals surface area contributed by atoms with Gasteiger partial charge in [0.2, 0.25) is 0 Å². The summed E-state index contributed by atoms with van der Waals surface area (Å²) in [7, 11) is 0. The number of carbonyl (C=O) groups is 2. The Morgan fingerprint density at radius 1 is 1.00 bits per heavy atom. The quantitative estimate of drug-likeness (QED) is 0.714. The molecule has 10 atom stereocenters. The molecule has 0 aromatic rings. The summed E-state index contributed by atoms with van der Waals surface area (Å²) in [5.74, 6) is 0.281. The minimum Gasteiger partial charge on any atom is -0.481 e. The molecule has 2 heterocycles. The van der Waals surface area contributed by atoms with E-state index in [1.807, 2.05) is 0 Å². The van der Waals surface area contributed by atoms with E-state index in [1.54, 1.807) is 0 Å². The van der Waals surface area contributed by atoms with Gasteiger partial charge < -0.3 is 14.9 Å². The van der Waals surface area contributed by atoms with Crippen LogP contribution in [0.25, 0.3) is 0 Å². The van der Waals surface area contributed by atoms with E-state index in [-0.39, 0.29) is 17.9 Å². The average molecular weight is 262 g/mol. The van der Waals surface area contributed by atoms with Crippen molar-refractivity contribution in [3.05, 3.63) is 0 Å². The summed E-state index contributed by atoms with van der Waals surface area (Å²) < 4.78 is 6.18. The van der Waals surface area contributed by atoms with Crippen LogP contribution in [0.4, 0.5) is 0 Å². The third-order valence-electron chi connectivity index (χ3n) is 7.71. The summed E-state index contributed by atoms with van der Waals surface area (Å²) in [5, 5.41) is 18.8. The van der Waals surface area contributed by atoms with E-state index in [1.165, 1.54) is 6.42 Å². The van der Waals surface area contributed by atoms with Crippen LogP contribution in [0.5, 0.6) is 0 Å². The second-order valence-corrected chi connectivity index (χ2v) is 7.47. The molecule has 0 aromatic heterocycles. The van der Waals surface area contributed by atoms with Gasteiger partial charge in [-0.25, -0.2) is 0 Å². The van der Waals surface area contributed by atoms with Crippen LogP contribution in [0.3, 0.4) is 0 Å². The topological polar surface area (TPSA) is 83.8 Å². The van der Waals surface area contributed by atoms with Crippen molar-refractivity contribution in [2.75, 3.05) is 0 Å². The lowest BCUT2D eigenvalue weighted by molar-refractivity contribution is -0.173. The van der Waals surface area contributed by atoms with Crippen LogP contribution >= 0.6 is 0 Å². The van der Waals surface area contributed by atoms with Gasteiger partial charge in [-0.05, 0) is 53.8 Å². The van der Waals surface area contributed by atoms with Crippen molar-refractivity contribution in [3.63, 3.8) is 0 Å². The molecule has 7 fully saturated rings. The molecule has 2 N–H and O–H groups in total. The molecule has 4 bridgehead atoms. The molecule has 100 valence electrons. The summed E-state index contributed by atoms with van der Waals surface area (Å²) in [5.41, 5.74) is -0.852. The molecule has 19 heavy (non-hydrogen) atoms. The first-order valence-electron chi connectivity index (χ1n) is 7.22. The molecular weight excluding hydrogens is 248 g/mol. The van der Waals surface area contributed by atoms with Crippen molar-refractivity contribution in [2.45, 2.75) is 18.1 Å². The standard InChI is InChI=1S/C14H14O5/c15-12(16)10(13(17)18)14-8-3-1-2-4-5(3)9(14)7(4)11(19-14)6(2)8/h2-11H,1H2,(H,15,16)(H,17,18)/t2-,3-,4+,5+,6+,7+,8+,9-,11-,14-/m0/s1. The highest BCUT2D eigenvalue weighted by Crippen LogP contribution is 2.91. The van der Waals surface area contributed by atoms with Gasteiger partial charge in [0.1, 0.15) is 0 Å². The minimum atomic E-state index is -1.36. The Bertz CT molecular complexity index is 548. The van der Waals surface area contributed by atoms with Crippen molar-refractivity contribution in [3.8, 4) is 0 Å². The third kappa shape index (κ3) is 0.618. The normalized spacial score (nSPS) is 67.5. The molecule has 2 saturated heterocycles. The second-order valence-electron chi connectivity index (χ2n) is 7.47. The number of hydrogen-bond acceptors (Lipinski definition) is 3. The molecule has 5 nitrogen and oxygen atoms in total. The minimum absolute atomic E-state index is 0.190. The molecule has 0 spiro atoms. The number of rotatable bonds is 3. The Balaban J connectivity index is 1.60. The van der Waals surface area contributed by atoms with Crippen LogP contribution in [0.2, 0.25) is 0 Å². The van der Waals surface area contributed by atoms with Crippen LogP contribution < -0.4 is 0 Å². The van der Waals surface area contributed by atoms with E-state index in [0.717, 1.165) is 11.8 Å². The number of carboxylic acids is 2. The molecule has 2 aliphatic heterocycles. The van der Waals surface area contributed by atoms with Gasteiger partial charge in [-0.15, -0.1) is 0 Å². The molecule has 0 unspecified atom stereocenters. The largest absolute Gasteiger partial charge is 0.481 e.